The van der Waals surface area contributed by atoms with Crippen LogP contribution in [0.1, 0.15) is 28.4 Å². The van der Waals surface area contributed by atoms with E-state index in [1.165, 1.54) is 0 Å². The normalized spacial score (nSPS) is 12.2. The minimum absolute atomic E-state index is 0.0698. The van der Waals surface area contributed by atoms with Crippen LogP contribution in [-0.2, 0) is 0 Å². The molecule has 1 atom stereocenters. The van der Waals surface area contributed by atoms with E-state index in [0.717, 1.165) is 28.1 Å². The number of nitrogens with two attached hydrogens (primary N) is 1. The second kappa shape index (κ2) is 5.82. The number of nitrogens with zero attached hydrogens (tertiary/aromatic N) is 1. The van der Waals surface area contributed by atoms with Crippen LogP contribution >= 0.6 is 0 Å². The number of hydrogen-bond acceptors (Lipinski definition) is 4. The summed E-state index contributed by atoms with van der Waals surface area (Å²) in [5.41, 5.74) is 7.18. The summed E-state index contributed by atoms with van der Waals surface area (Å²) in [4.78, 5) is 4.32. The van der Waals surface area contributed by atoms with E-state index in [4.69, 9.17) is 10.6 Å². The van der Waals surface area contributed by atoms with Gasteiger partial charge in [-0.05, 0) is 48.7 Å². The van der Waals surface area contributed by atoms with E-state index < -0.39 is 0 Å². The van der Waals surface area contributed by atoms with Crippen LogP contribution < -0.4 is 16.0 Å². The Labute approximate surface area is 113 Å². The molecule has 0 aliphatic rings. The molecule has 19 heavy (non-hydrogen) atoms. The number of pyridine rings is 1. The van der Waals surface area contributed by atoms with E-state index in [1.54, 1.807) is 13.3 Å². The van der Waals surface area contributed by atoms with Gasteiger partial charge in [0.25, 0.3) is 0 Å². The molecule has 1 unspecified atom stereocenters. The molecular weight excluding hydrogens is 238 g/mol. The maximum atomic E-state index is 5.74. The Hall–Kier alpha value is -1.91. The number of benzene rings is 1. The van der Waals surface area contributed by atoms with Crippen molar-refractivity contribution in [1.82, 2.24) is 10.4 Å². The van der Waals surface area contributed by atoms with Crippen molar-refractivity contribution in [2.75, 3.05) is 7.11 Å². The zero-order valence-corrected chi connectivity index (χ0v) is 11.5. The average molecular weight is 257 g/mol. The number of aromatic nitrogens is 1. The van der Waals surface area contributed by atoms with Crippen molar-refractivity contribution >= 4 is 0 Å². The number of ether oxygens (including phenoxy) is 1. The van der Waals surface area contributed by atoms with Crippen molar-refractivity contribution in [3.63, 3.8) is 0 Å². The number of hydrogen-bond donors (Lipinski definition) is 2. The van der Waals surface area contributed by atoms with Crippen molar-refractivity contribution in [3.05, 3.63) is 58.9 Å². The Morgan fingerprint density at radius 1 is 1.21 bits per heavy atom. The molecule has 1 aromatic heterocycles. The highest BCUT2D eigenvalue weighted by molar-refractivity contribution is 5.41. The molecule has 2 rings (SSSR count). The topological polar surface area (TPSA) is 60.2 Å². The number of aryl methyl sites for hydroxylation is 2. The van der Waals surface area contributed by atoms with Gasteiger partial charge in [0.15, 0.2) is 0 Å². The first-order valence-electron chi connectivity index (χ1n) is 6.19. The molecule has 0 radical (unpaired) electrons. The van der Waals surface area contributed by atoms with Crippen LogP contribution in [0.5, 0.6) is 5.75 Å². The summed E-state index contributed by atoms with van der Waals surface area (Å²) in [5.74, 6) is 6.58. The fourth-order valence-corrected chi connectivity index (χ4v) is 2.25. The molecule has 2 aromatic rings. The molecule has 0 fully saturated rings. The molecular formula is C15H19N3O. The first-order chi connectivity index (χ1) is 9.17. The van der Waals surface area contributed by atoms with Crippen LogP contribution in [0.2, 0.25) is 0 Å². The van der Waals surface area contributed by atoms with Gasteiger partial charge in [-0.15, -0.1) is 0 Å². The largest absolute Gasteiger partial charge is 0.497 e. The fourth-order valence-electron chi connectivity index (χ4n) is 2.25. The standard InChI is InChI=1S/C15H19N3O/c1-10-9-12(19-3)6-7-13(10)15(18-16)14-5-4-8-17-11(14)2/h4-9,15,18H,16H2,1-3H3. The molecule has 1 heterocycles. The average Bonchev–Trinajstić information content (AvgIpc) is 2.43. The van der Waals surface area contributed by atoms with Gasteiger partial charge in [0.2, 0.25) is 0 Å². The monoisotopic (exact) mass is 257 g/mol. The minimum Gasteiger partial charge on any atom is -0.497 e. The molecule has 0 aliphatic carbocycles. The smallest absolute Gasteiger partial charge is 0.119 e. The van der Waals surface area contributed by atoms with E-state index in [0.29, 0.717) is 0 Å². The highest BCUT2D eigenvalue weighted by Crippen LogP contribution is 2.28. The molecule has 0 bridgehead atoms. The number of methoxy groups -OCH3 is 1. The van der Waals surface area contributed by atoms with Gasteiger partial charge in [-0.1, -0.05) is 12.1 Å². The predicted octanol–water partition coefficient (Wildman–Crippen LogP) is 2.26. The van der Waals surface area contributed by atoms with Crippen LogP contribution in [0, 0.1) is 13.8 Å². The van der Waals surface area contributed by atoms with Gasteiger partial charge in [0.05, 0.1) is 13.2 Å². The van der Waals surface area contributed by atoms with E-state index >= 15 is 0 Å². The van der Waals surface area contributed by atoms with E-state index in [9.17, 15) is 0 Å². The maximum Gasteiger partial charge on any atom is 0.119 e. The molecule has 0 amide bonds. The van der Waals surface area contributed by atoms with Crippen LogP contribution in [0.4, 0.5) is 0 Å². The van der Waals surface area contributed by atoms with Gasteiger partial charge in [-0.3, -0.25) is 10.8 Å². The zero-order valence-electron chi connectivity index (χ0n) is 11.5. The molecule has 0 saturated carbocycles. The Morgan fingerprint density at radius 2 is 2.00 bits per heavy atom. The third-order valence-corrected chi connectivity index (χ3v) is 3.31. The quantitative estimate of drug-likeness (QED) is 0.651. The molecule has 0 spiro atoms. The van der Waals surface area contributed by atoms with Crippen molar-refractivity contribution < 1.29 is 4.74 Å². The Morgan fingerprint density at radius 3 is 2.58 bits per heavy atom. The van der Waals surface area contributed by atoms with Crippen LogP contribution in [-0.4, -0.2) is 12.1 Å². The van der Waals surface area contributed by atoms with Gasteiger partial charge >= 0.3 is 0 Å². The summed E-state index contributed by atoms with van der Waals surface area (Å²) in [7, 11) is 1.67. The summed E-state index contributed by atoms with van der Waals surface area (Å²) in [6.45, 7) is 4.03. The summed E-state index contributed by atoms with van der Waals surface area (Å²) >= 11 is 0. The Kier molecular flexibility index (Phi) is 4.14. The number of hydrazine groups is 1. The van der Waals surface area contributed by atoms with E-state index in [1.807, 2.05) is 44.2 Å². The fraction of sp³-hybridized carbons (Fsp3) is 0.267. The molecule has 3 N–H and O–H groups in total. The number of nitrogens with one attached hydrogen (secondary N) is 1. The second-order valence-electron chi connectivity index (χ2n) is 4.50. The van der Waals surface area contributed by atoms with Gasteiger partial charge in [-0.2, -0.15) is 0 Å². The first kappa shape index (κ1) is 13.5. The molecule has 0 aliphatic heterocycles. The lowest BCUT2D eigenvalue weighted by Gasteiger charge is -2.20. The highest BCUT2D eigenvalue weighted by atomic mass is 16.5. The Balaban J connectivity index is 2.46. The highest BCUT2D eigenvalue weighted by Gasteiger charge is 2.17. The van der Waals surface area contributed by atoms with E-state index in [2.05, 4.69) is 10.4 Å². The lowest BCUT2D eigenvalue weighted by molar-refractivity contribution is 0.414. The summed E-state index contributed by atoms with van der Waals surface area (Å²) in [6.07, 6.45) is 1.79. The third-order valence-electron chi connectivity index (χ3n) is 3.31. The van der Waals surface area contributed by atoms with Gasteiger partial charge in [-0.25, -0.2) is 5.43 Å². The van der Waals surface area contributed by atoms with Crippen LogP contribution in [0.15, 0.2) is 36.5 Å². The summed E-state index contributed by atoms with van der Waals surface area (Å²) in [5, 5.41) is 0. The SMILES string of the molecule is COc1ccc(C(NN)c2cccnc2C)c(C)c1. The van der Waals surface area contributed by atoms with Crippen molar-refractivity contribution in [2.45, 2.75) is 19.9 Å². The van der Waals surface area contributed by atoms with Crippen molar-refractivity contribution in [3.8, 4) is 5.75 Å². The van der Waals surface area contributed by atoms with Gasteiger partial charge in [0.1, 0.15) is 5.75 Å². The van der Waals surface area contributed by atoms with Crippen molar-refractivity contribution in [1.29, 1.82) is 0 Å². The summed E-state index contributed by atoms with van der Waals surface area (Å²) < 4.78 is 5.23. The lowest BCUT2D eigenvalue weighted by Crippen LogP contribution is -2.30. The second-order valence-corrected chi connectivity index (χ2v) is 4.50. The lowest BCUT2D eigenvalue weighted by atomic mass is 9.94. The number of rotatable bonds is 4. The Bertz CT molecular complexity index is 569. The van der Waals surface area contributed by atoms with Crippen molar-refractivity contribution in [2.24, 2.45) is 5.84 Å². The molecule has 4 heteroatoms. The predicted molar refractivity (Wildman–Crippen MR) is 75.9 cm³/mol. The molecule has 4 nitrogen and oxygen atoms in total. The molecule has 100 valence electrons. The zero-order chi connectivity index (χ0) is 13.8. The van der Waals surface area contributed by atoms with Gasteiger partial charge in [0, 0.05) is 11.9 Å². The first-order valence-corrected chi connectivity index (χ1v) is 6.19. The summed E-state index contributed by atoms with van der Waals surface area (Å²) in [6, 6.07) is 9.87. The van der Waals surface area contributed by atoms with E-state index in [-0.39, 0.29) is 6.04 Å². The van der Waals surface area contributed by atoms with Gasteiger partial charge < -0.3 is 4.74 Å². The van der Waals surface area contributed by atoms with Crippen LogP contribution in [0.3, 0.4) is 0 Å². The van der Waals surface area contributed by atoms with Crippen LogP contribution in [0.25, 0.3) is 0 Å². The molecule has 0 saturated heterocycles. The third kappa shape index (κ3) is 2.75. The minimum atomic E-state index is -0.0698. The maximum absolute atomic E-state index is 5.74. The molecule has 1 aromatic carbocycles.